The first-order valence-electron chi connectivity index (χ1n) is 4.95. The smallest absolute Gasteiger partial charge is 0.318 e. The molecule has 1 aliphatic heterocycles. The van der Waals surface area contributed by atoms with E-state index in [0.717, 1.165) is 11.3 Å². The first-order chi connectivity index (χ1) is 6.59. The van der Waals surface area contributed by atoms with Crippen LogP contribution in [-0.2, 0) is 4.79 Å². The summed E-state index contributed by atoms with van der Waals surface area (Å²) >= 11 is 0. The average Bonchev–Trinajstić information content (AvgIpc) is 2.42. The van der Waals surface area contributed by atoms with E-state index < -0.39 is 0 Å². The maximum atomic E-state index is 11.3. The van der Waals surface area contributed by atoms with Gasteiger partial charge in [0, 0.05) is 5.56 Å². The van der Waals surface area contributed by atoms with Crippen LogP contribution in [0.15, 0.2) is 18.2 Å². The molecule has 0 saturated heterocycles. The molecule has 0 fully saturated rings. The van der Waals surface area contributed by atoms with Gasteiger partial charge >= 0.3 is 5.97 Å². The Morgan fingerprint density at radius 3 is 2.71 bits per heavy atom. The molecule has 2 heteroatoms. The Kier molecular flexibility index (Phi) is 2.06. The van der Waals surface area contributed by atoms with Crippen molar-refractivity contribution in [3.05, 3.63) is 29.3 Å². The molecular weight excluding hydrogens is 176 g/mol. The number of hydrogen-bond donors (Lipinski definition) is 0. The number of benzene rings is 1. The lowest BCUT2D eigenvalue weighted by atomic mass is 9.97. The van der Waals surface area contributed by atoms with Crippen LogP contribution in [0.2, 0.25) is 0 Å². The minimum Gasteiger partial charge on any atom is -0.426 e. The molecule has 2 rings (SSSR count). The number of esters is 1. The molecule has 1 aromatic rings. The van der Waals surface area contributed by atoms with Gasteiger partial charge in [-0.3, -0.25) is 4.79 Å². The average molecular weight is 190 g/mol. The van der Waals surface area contributed by atoms with E-state index in [1.54, 1.807) is 0 Å². The minimum atomic E-state index is -0.138. The lowest BCUT2D eigenvalue weighted by Crippen LogP contribution is -2.05. The predicted octanol–water partition coefficient (Wildman–Crippen LogP) is 2.83. The Morgan fingerprint density at radius 2 is 2.07 bits per heavy atom. The topological polar surface area (TPSA) is 26.3 Å². The predicted molar refractivity (Wildman–Crippen MR) is 54.6 cm³/mol. The van der Waals surface area contributed by atoms with Gasteiger partial charge in [0.1, 0.15) is 5.75 Å². The number of fused-ring (bicyclic) bond motifs is 1. The summed E-state index contributed by atoms with van der Waals surface area (Å²) in [6.45, 7) is 6.13. The molecule has 2 nitrogen and oxygen atoms in total. The number of hydrogen-bond acceptors (Lipinski definition) is 2. The van der Waals surface area contributed by atoms with Gasteiger partial charge in [-0.05, 0) is 24.5 Å². The van der Waals surface area contributed by atoms with Crippen LogP contribution >= 0.6 is 0 Å². The van der Waals surface area contributed by atoms with Crippen LogP contribution in [0.3, 0.4) is 0 Å². The van der Waals surface area contributed by atoms with Crippen molar-refractivity contribution in [3.8, 4) is 5.75 Å². The van der Waals surface area contributed by atoms with E-state index in [0.29, 0.717) is 5.92 Å². The largest absolute Gasteiger partial charge is 0.426 e. The van der Waals surface area contributed by atoms with Gasteiger partial charge in [-0.25, -0.2) is 0 Å². The van der Waals surface area contributed by atoms with Crippen molar-refractivity contribution in [2.45, 2.75) is 32.6 Å². The standard InChI is InChI=1S/C12H14O2/c1-7(2)9-4-5-10-8(3)12(13)14-11(10)6-9/h4-8H,1-3H3. The highest BCUT2D eigenvalue weighted by atomic mass is 16.5. The quantitative estimate of drug-likeness (QED) is 0.502. The highest BCUT2D eigenvalue weighted by Crippen LogP contribution is 2.36. The number of carbonyl (C=O) groups is 1. The van der Waals surface area contributed by atoms with Gasteiger partial charge in [0.05, 0.1) is 5.92 Å². The summed E-state index contributed by atoms with van der Waals surface area (Å²) in [6.07, 6.45) is 0. The fraction of sp³-hybridized carbons (Fsp3) is 0.417. The van der Waals surface area contributed by atoms with Gasteiger partial charge in [-0.2, -0.15) is 0 Å². The zero-order valence-corrected chi connectivity index (χ0v) is 8.70. The number of ether oxygens (including phenoxy) is 1. The molecule has 14 heavy (non-hydrogen) atoms. The van der Waals surface area contributed by atoms with Gasteiger partial charge in [0.25, 0.3) is 0 Å². The van der Waals surface area contributed by atoms with Crippen LogP contribution in [0.4, 0.5) is 0 Å². The Bertz CT molecular complexity index is 380. The molecule has 0 aliphatic carbocycles. The van der Waals surface area contributed by atoms with Gasteiger partial charge in [-0.1, -0.05) is 26.0 Å². The SMILES string of the molecule is CC(C)c1ccc2c(c1)OC(=O)C2C. The summed E-state index contributed by atoms with van der Waals surface area (Å²) in [5, 5.41) is 0. The summed E-state index contributed by atoms with van der Waals surface area (Å²) < 4.78 is 5.17. The molecule has 74 valence electrons. The molecule has 0 aromatic heterocycles. The van der Waals surface area contributed by atoms with Crippen LogP contribution in [0.5, 0.6) is 5.75 Å². The van der Waals surface area contributed by atoms with Crippen molar-refractivity contribution < 1.29 is 9.53 Å². The van der Waals surface area contributed by atoms with Crippen molar-refractivity contribution in [1.82, 2.24) is 0 Å². The molecule has 0 saturated carbocycles. The fourth-order valence-corrected chi connectivity index (χ4v) is 1.68. The second kappa shape index (κ2) is 3.12. The molecule has 1 atom stereocenters. The van der Waals surface area contributed by atoms with Crippen LogP contribution in [0.1, 0.15) is 43.7 Å². The summed E-state index contributed by atoms with van der Waals surface area (Å²) in [5.74, 6) is 0.968. The van der Waals surface area contributed by atoms with Crippen LogP contribution < -0.4 is 4.74 Å². The van der Waals surface area contributed by atoms with Crippen molar-refractivity contribution >= 4 is 5.97 Å². The van der Waals surface area contributed by atoms with Crippen molar-refractivity contribution in [2.75, 3.05) is 0 Å². The molecule has 1 aliphatic rings. The van der Waals surface area contributed by atoms with Gasteiger partial charge in [-0.15, -0.1) is 0 Å². The summed E-state index contributed by atoms with van der Waals surface area (Å²) in [5.41, 5.74) is 2.23. The molecule has 1 unspecified atom stereocenters. The first-order valence-corrected chi connectivity index (χ1v) is 4.95. The second-order valence-electron chi connectivity index (χ2n) is 4.09. The van der Waals surface area contributed by atoms with E-state index in [2.05, 4.69) is 19.9 Å². The molecule has 1 aromatic carbocycles. The molecule has 0 spiro atoms. The summed E-state index contributed by atoms with van der Waals surface area (Å²) in [6, 6.07) is 6.05. The summed E-state index contributed by atoms with van der Waals surface area (Å²) in [7, 11) is 0. The van der Waals surface area contributed by atoms with Crippen LogP contribution in [0.25, 0.3) is 0 Å². The van der Waals surface area contributed by atoms with Gasteiger partial charge < -0.3 is 4.74 Å². The number of carbonyl (C=O) groups excluding carboxylic acids is 1. The second-order valence-corrected chi connectivity index (χ2v) is 4.09. The molecule has 0 bridgehead atoms. The maximum absolute atomic E-state index is 11.3. The Balaban J connectivity index is 2.44. The fourth-order valence-electron chi connectivity index (χ4n) is 1.68. The van der Waals surface area contributed by atoms with E-state index in [-0.39, 0.29) is 11.9 Å². The molecule has 0 amide bonds. The highest BCUT2D eigenvalue weighted by molar-refractivity contribution is 5.85. The lowest BCUT2D eigenvalue weighted by molar-refractivity contribution is -0.133. The lowest BCUT2D eigenvalue weighted by Gasteiger charge is -2.06. The zero-order valence-electron chi connectivity index (χ0n) is 8.70. The van der Waals surface area contributed by atoms with Gasteiger partial charge in [0.15, 0.2) is 0 Å². The van der Waals surface area contributed by atoms with Crippen molar-refractivity contribution in [3.63, 3.8) is 0 Å². The summed E-state index contributed by atoms with van der Waals surface area (Å²) in [4.78, 5) is 11.3. The van der Waals surface area contributed by atoms with Crippen LogP contribution in [-0.4, -0.2) is 5.97 Å². The molecule has 1 heterocycles. The van der Waals surface area contributed by atoms with Crippen molar-refractivity contribution in [2.24, 2.45) is 0 Å². The molecule has 0 radical (unpaired) electrons. The number of rotatable bonds is 1. The Hall–Kier alpha value is -1.31. The van der Waals surface area contributed by atoms with Crippen LogP contribution in [0, 0.1) is 0 Å². The van der Waals surface area contributed by atoms with Crippen molar-refractivity contribution in [1.29, 1.82) is 0 Å². The van der Waals surface area contributed by atoms with E-state index >= 15 is 0 Å². The Labute approximate surface area is 83.9 Å². The third kappa shape index (κ3) is 1.31. The van der Waals surface area contributed by atoms with E-state index in [1.165, 1.54) is 5.56 Å². The minimum absolute atomic E-state index is 0.105. The Morgan fingerprint density at radius 1 is 1.36 bits per heavy atom. The van der Waals surface area contributed by atoms with E-state index in [4.69, 9.17) is 4.74 Å². The third-order valence-corrected chi connectivity index (χ3v) is 2.73. The van der Waals surface area contributed by atoms with E-state index in [1.807, 2.05) is 19.1 Å². The maximum Gasteiger partial charge on any atom is 0.318 e. The third-order valence-electron chi connectivity index (χ3n) is 2.73. The molecular formula is C12H14O2. The van der Waals surface area contributed by atoms with Gasteiger partial charge in [0.2, 0.25) is 0 Å². The highest BCUT2D eigenvalue weighted by Gasteiger charge is 2.29. The monoisotopic (exact) mass is 190 g/mol. The molecule has 0 N–H and O–H groups in total. The van der Waals surface area contributed by atoms with E-state index in [9.17, 15) is 4.79 Å². The first kappa shape index (κ1) is 9.25. The normalized spacial score (nSPS) is 19.7. The zero-order chi connectivity index (χ0) is 10.3.